The Bertz CT molecular complexity index is 1400. The van der Waals surface area contributed by atoms with E-state index in [-0.39, 0.29) is 19.0 Å². The van der Waals surface area contributed by atoms with Gasteiger partial charge in [0.25, 0.3) is 5.56 Å². The van der Waals surface area contributed by atoms with Crippen molar-refractivity contribution < 1.29 is 14.2 Å². The summed E-state index contributed by atoms with van der Waals surface area (Å²) in [5.41, 5.74) is 3.78. The van der Waals surface area contributed by atoms with E-state index in [1.165, 1.54) is 0 Å². The summed E-state index contributed by atoms with van der Waals surface area (Å²) in [5, 5.41) is 1.52. The second kappa shape index (κ2) is 9.87. The lowest BCUT2D eigenvalue weighted by Gasteiger charge is -2.26. The monoisotopic (exact) mass is 517 g/mol. The van der Waals surface area contributed by atoms with Gasteiger partial charge in [0.1, 0.15) is 12.3 Å². The van der Waals surface area contributed by atoms with Gasteiger partial charge in [-0.2, -0.15) is 0 Å². The fraction of sp³-hybridized carbons (Fsp3) is 0.179. The van der Waals surface area contributed by atoms with Gasteiger partial charge in [-0.25, -0.2) is 0 Å². The zero-order valence-electron chi connectivity index (χ0n) is 18.7. The van der Waals surface area contributed by atoms with Crippen molar-refractivity contribution in [3.8, 4) is 11.1 Å². The first kappa shape index (κ1) is 22.4. The van der Waals surface area contributed by atoms with E-state index in [9.17, 15) is 4.79 Å². The molecule has 172 valence electrons. The standard InChI is InChI=1S/C28H24BrNO4/c1-32-16-25-27(20-10-6-3-7-11-20)23-15-21(29)12-13-22(23)28(31)30(25)24(26-17-33-18-34-26)14-19-8-4-2-5-9-19/h2-13,15,17,24H,14,16,18H2,1H3. The lowest BCUT2D eigenvalue weighted by Crippen LogP contribution is -2.31. The number of ether oxygens (including phenoxy) is 3. The molecule has 0 amide bonds. The molecule has 5 rings (SSSR count). The Morgan fingerprint density at radius 3 is 2.41 bits per heavy atom. The van der Waals surface area contributed by atoms with Crippen LogP contribution in [0.2, 0.25) is 0 Å². The van der Waals surface area contributed by atoms with E-state index in [1.807, 2.05) is 59.2 Å². The zero-order chi connectivity index (χ0) is 23.5. The molecular weight excluding hydrogens is 494 g/mol. The fourth-order valence-corrected chi connectivity index (χ4v) is 4.92. The number of hydrogen-bond donors (Lipinski definition) is 0. The molecule has 0 saturated carbocycles. The van der Waals surface area contributed by atoms with Crippen molar-refractivity contribution in [1.82, 2.24) is 4.57 Å². The number of allylic oxidation sites excluding steroid dienone is 1. The van der Waals surface area contributed by atoms with Crippen molar-refractivity contribution in [1.29, 1.82) is 0 Å². The Balaban J connectivity index is 1.85. The molecular formula is C28H24BrNO4. The molecule has 0 saturated heterocycles. The lowest BCUT2D eigenvalue weighted by molar-refractivity contribution is 0.0702. The highest BCUT2D eigenvalue weighted by Crippen LogP contribution is 2.36. The molecule has 1 atom stereocenters. The Morgan fingerprint density at radius 1 is 1.00 bits per heavy atom. The molecule has 1 aliphatic heterocycles. The summed E-state index contributed by atoms with van der Waals surface area (Å²) >= 11 is 3.59. The molecule has 6 heteroatoms. The minimum absolute atomic E-state index is 0.0911. The van der Waals surface area contributed by atoms with Gasteiger partial charge in [0, 0.05) is 29.0 Å². The largest absolute Gasteiger partial charge is 0.462 e. The van der Waals surface area contributed by atoms with Crippen LogP contribution in [0.5, 0.6) is 0 Å². The molecule has 0 N–H and O–H groups in total. The van der Waals surface area contributed by atoms with Crippen LogP contribution in [0.15, 0.2) is 100 Å². The minimum atomic E-state index is -0.391. The van der Waals surface area contributed by atoms with Gasteiger partial charge in [0.2, 0.25) is 6.79 Å². The number of aromatic nitrogens is 1. The van der Waals surface area contributed by atoms with Crippen molar-refractivity contribution in [3.05, 3.63) is 117 Å². The van der Waals surface area contributed by atoms with Crippen molar-refractivity contribution >= 4 is 26.7 Å². The summed E-state index contributed by atoms with van der Waals surface area (Å²) in [5.74, 6) is 0.624. The topological polar surface area (TPSA) is 49.7 Å². The molecule has 1 unspecified atom stereocenters. The van der Waals surface area contributed by atoms with Crippen LogP contribution in [-0.4, -0.2) is 18.5 Å². The molecule has 34 heavy (non-hydrogen) atoms. The zero-order valence-corrected chi connectivity index (χ0v) is 20.3. The van der Waals surface area contributed by atoms with E-state index in [0.29, 0.717) is 17.6 Å². The van der Waals surface area contributed by atoms with Crippen LogP contribution in [-0.2, 0) is 27.2 Å². The third-order valence-electron chi connectivity index (χ3n) is 6.03. The summed E-state index contributed by atoms with van der Waals surface area (Å²) in [4.78, 5) is 14.1. The number of halogens is 1. The summed E-state index contributed by atoms with van der Waals surface area (Å²) < 4.78 is 19.7. The second-order valence-electron chi connectivity index (χ2n) is 8.14. The summed E-state index contributed by atoms with van der Waals surface area (Å²) in [6.45, 7) is 0.405. The smallest absolute Gasteiger partial charge is 0.259 e. The Labute approximate surface area is 206 Å². The number of nitrogens with zero attached hydrogens (tertiary/aromatic N) is 1. The van der Waals surface area contributed by atoms with Gasteiger partial charge in [-0.3, -0.25) is 9.36 Å². The van der Waals surface area contributed by atoms with E-state index in [0.717, 1.165) is 32.2 Å². The summed E-state index contributed by atoms with van der Waals surface area (Å²) in [6.07, 6.45) is 2.19. The Kier molecular flexibility index (Phi) is 6.52. The van der Waals surface area contributed by atoms with Crippen molar-refractivity contribution in [2.45, 2.75) is 19.1 Å². The van der Waals surface area contributed by atoms with Crippen LogP contribution in [0, 0.1) is 0 Å². The highest BCUT2D eigenvalue weighted by atomic mass is 79.9. The Hall–Kier alpha value is -3.35. The van der Waals surface area contributed by atoms with Gasteiger partial charge in [-0.15, -0.1) is 0 Å². The quantitative estimate of drug-likeness (QED) is 0.292. The molecule has 4 aromatic rings. The van der Waals surface area contributed by atoms with Gasteiger partial charge in [-0.1, -0.05) is 76.6 Å². The predicted molar refractivity (Wildman–Crippen MR) is 136 cm³/mol. The molecule has 1 aliphatic rings. The van der Waals surface area contributed by atoms with E-state index >= 15 is 0 Å². The van der Waals surface area contributed by atoms with Crippen LogP contribution < -0.4 is 5.56 Å². The van der Waals surface area contributed by atoms with Crippen LogP contribution in [0.4, 0.5) is 0 Å². The average molecular weight is 518 g/mol. The summed E-state index contributed by atoms with van der Waals surface area (Å²) in [7, 11) is 1.65. The maximum atomic E-state index is 14.1. The maximum Gasteiger partial charge on any atom is 0.259 e. The molecule has 0 radical (unpaired) electrons. The first-order valence-electron chi connectivity index (χ1n) is 11.1. The molecule has 0 spiro atoms. The Morgan fingerprint density at radius 2 is 1.74 bits per heavy atom. The van der Waals surface area contributed by atoms with Gasteiger partial charge in [-0.05, 0) is 34.7 Å². The van der Waals surface area contributed by atoms with Gasteiger partial charge < -0.3 is 14.2 Å². The highest BCUT2D eigenvalue weighted by molar-refractivity contribution is 9.10. The van der Waals surface area contributed by atoms with Gasteiger partial charge in [0.15, 0.2) is 5.76 Å². The number of benzene rings is 3. The average Bonchev–Trinajstić information content (AvgIpc) is 3.40. The first-order chi connectivity index (χ1) is 16.7. The van der Waals surface area contributed by atoms with Gasteiger partial charge in [0.05, 0.1) is 12.3 Å². The van der Waals surface area contributed by atoms with Crippen LogP contribution in [0.1, 0.15) is 17.3 Å². The SMILES string of the molecule is COCc1c(-c2ccccc2)c2cc(Br)ccc2c(=O)n1C(Cc1ccccc1)C1=COCO1. The number of methoxy groups -OCH3 is 1. The highest BCUT2D eigenvalue weighted by Gasteiger charge is 2.29. The molecule has 1 aromatic heterocycles. The van der Waals surface area contributed by atoms with Crippen LogP contribution in [0.3, 0.4) is 0 Å². The first-order valence-corrected chi connectivity index (χ1v) is 11.9. The number of rotatable bonds is 7. The molecule has 5 nitrogen and oxygen atoms in total. The predicted octanol–water partition coefficient (Wildman–Crippen LogP) is 6.21. The second-order valence-corrected chi connectivity index (χ2v) is 9.06. The molecule has 0 bridgehead atoms. The van der Waals surface area contributed by atoms with E-state index < -0.39 is 6.04 Å². The molecule has 3 aromatic carbocycles. The van der Waals surface area contributed by atoms with Crippen LogP contribution in [0.25, 0.3) is 21.9 Å². The van der Waals surface area contributed by atoms with Crippen LogP contribution >= 0.6 is 15.9 Å². The van der Waals surface area contributed by atoms with Gasteiger partial charge >= 0.3 is 0 Å². The maximum absolute atomic E-state index is 14.1. The fourth-order valence-electron chi connectivity index (χ4n) is 4.56. The molecule has 0 fully saturated rings. The van der Waals surface area contributed by atoms with E-state index in [4.69, 9.17) is 14.2 Å². The van der Waals surface area contributed by atoms with E-state index in [2.05, 4.69) is 40.2 Å². The van der Waals surface area contributed by atoms with E-state index in [1.54, 1.807) is 13.4 Å². The number of pyridine rings is 1. The normalized spacial score (nSPS) is 13.9. The number of fused-ring (bicyclic) bond motifs is 1. The lowest BCUT2D eigenvalue weighted by atomic mass is 9.95. The molecule has 0 aliphatic carbocycles. The molecule has 2 heterocycles. The van der Waals surface area contributed by atoms with Crippen molar-refractivity contribution in [2.75, 3.05) is 13.9 Å². The third-order valence-corrected chi connectivity index (χ3v) is 6.52. The van der Waals surface area contributed by atoms with Crippen molar-refractivity contribution in [2.24, 2.45) is 0 Å². The third kappa shape index (κ3) is 4.27. The summed E-state index contributed by atoms with van der Waals surface area (Å²) in [6, 6.07) is 25.6. The number of hydrogen-bond acceptors (Lipinski definition) is 4. The van der Waals surface area contributed by atoms with Crippen molar-refractivity contribution in [3.63, 3.8) is 0 Å². The minimum Gasteiger partial charge on any atom is -0.462 e.